The maximum atomic E-state index is 6.53. The molecular weight excluding hydrogens is 358 g/mol. The highest BCUT2D eigenvalue weighted by atomic mass is 16.5. The normalized spacial score (nSPS) is 18.6. The van der Waals surface area contributed by atoms with Crippen LogP contribution in [-0.2, 0) is 24.2 Å². The number of fused-ring (bicyclic) bond motifs is 3. The summed E-state index contributed by atoms with van der Waals surface area (Å²) < 4.78 is 9.08. The second-order valence-electron chi connectivity index (χ2n) is 8.94. The van der Waals surface area contributed by atoms with Crippen molar-refractivity contribution in [3.8, 4) is 0 Å². The van der Waals surface area contributed by atoms with Crippen molar-refractivity contribution in [3.63, 3.8) is 0 Å². The average molecular weight is 390 g/mol. The van der Waals surface area contributed by atoms with Crippen LogP contribution in [-0.4, -0.2) is 34.7 Å². The molecule has 0 unspecified atom stereocenters. The monoisotopic (exact) mass is 389 g/mol. The van der Waals surface area contributed by atoms with Crippen LogP contribution in [0.15, 0.2) is 42.7 Å². The first-order valence-corrected chi connectivity index (χ1v) is 11.0. The summed E-state index contributed by atoms with van der Waals surface area (Å²) in [4.78, 5) is 6.65. The molecular formula is C25H31N3O. The summed E-state index contributed by atoms with van der Waals surface area (Å²) in [5.41, 5.74) is 6.91. The van der Waals surface area contributed by atoms with Gasteiger partial charge in [0.25, 0.3) is 0 Å². The number of hydrogen-bond acceptors (Lipinski definition) is 3. The molecule has 1 saturated carbocycles. The molecule has 3 heterocycles. The lowest BCUT2D eigenvalue weighted by atomic mass is 9.86. The number of aryl methyl sites for hydroxylation is 1. The van der Waals surface area contributed by atoms with Gasteiger partial charge in [-0.1, -0.05) is 18.1 Å². The van der Waals surface area contributed by atoms with E-state index in [1.807, 2.05) is 12.4 Å². The molecule has 0 spiro atoms. The van der Waals surface area contributed by atoms with E-state index < -0.39 is 0 Å². The Labute approximate surface area is 173 Å². The second kappa shape index (κ2) is 7.92. The summed E-state index contributed by atoms with van der Waals surface area (Å²) >= 11 is 0. The second-order valence-corrected chi connectivity index (χ2v) is 8.94. The van der Waals surface area contributed by atoms with Gasteiger partial charge in [-0.2, -0.15) is 0 Å². The number of ether oxygens (including phenoxy) is 1. The molecule has 5 rings (SSSR count). The number of rotatable bonds is 6. The number of benzene rings is 1. The molecule has 1 atom stereocenters. The van der Waals surface area contributed by atoms with Gasteiger partial charge in [-0.3, -0.25) is 4.98 Å². The molecule has 29 heavy (non-hydrogen) atoms. The van der Waals surface area contributed by atoms with Gasteiger partial charge < -0.3 is 14.2 Å². The van der Waals surface area contributed by atoms with Crippen LogP contribution in [0.4, 0.5) is 0 Å². The first-order valence-electron chi connectivity index (χ1n) is 11.0. The van der Waals surface area contributed by atoms with Crippen molar-refractivity contribution < 1.29 is 4.74 Å². The Morgan fingerprint density at radius 3 is 2.76 bits per heavy atom. The molecule has 2 aromatic heterocycles. The molecule has 0 N–H and O–H groups in total. The van der Waals surface area contributed by atoms with E-state index in [-0.39, 0.29) is 6.10 Å². The third-order valence-corrected chi connectivity index (χ3v) is 6.78. The Hall–Kier alpha value is -2.17. The Kier molecular flexibility index (Phi) is 5.15. The van der Waals surface area contributed by atoms with Gasteiger partial charge in [-0.05, 0) is 68.1 Å². The molecule has 0 amide bonds. The third kappa shape index (κ3) is 3.72. The zero-order valence-electron chi connectivity index (χ0n) is 17.6. The average Bonchev–Trinajstić information content (AvgIpc) is 2.99. The predicted molar refractivity (Wildman–Crippen MR) is 117 cm³/mol. The molecule has 2 aliphatic rings. The largest absolute Gasteiger partial charge is 0.371 e. The first kappa shape index (κ1) is 18.8. The molecule has 152 valence electrons. The Balaban J connectivity index is 1.52. The van der Waals surface area contributed by atoms with Gasteiger partial charge in [-0.15, -0.1) is 0 Å². The van der Waals surface area contributed by atoms with Gasteiger partial charge in [0.2, 0.25) is 0 Å². The SMILES string of the molecule is Cc1ccc2c(c1)c1c(n2C[C@H](OCC2CCC2)c2ccncc2)CCN(C)C1. The van der Waals surface area contributed by atoms with Gasteiger partial charge in [0, 0.05) is 48.5 Å². The maximum absolute atomic E-state index is 6.53. The minimum Gasteiger partial charge on any atom is -0.371 e. The smallest absolute Gasteiger partial charge is 0.100 e. The van der Waals surface area contributed by atoms with Crippen LogP contribution in [0.25, 0.3) is 10.9 Å². The molecule has 4 nitrogen and oxygen atoms in total. The van der Waals surface area contributed by atoms with Crippen LogP contribution in [0.2, 0.25) is 0 Å². The van der Waals surface area contributed by atoms with E-state index in [1.54, 1.807) is 0 Å². The number of hydrogen-bond donors (Lipinski definition) is 0. The van der Waals surface area contributed by atoms with Gasteiger partial charge in [0.15, 0.2) is 0 Å². The van der Waals surface area contributed by atoms with Crippen molar-refractivity contribution in [1.29, 1.82) is 0 Å². The molecule has 1 aromatic carbocycles. The minimum atomic E-state index is 0.0688. The lowest BCUT2D eigenvalue weighted by Crippen LogP contribution is -2.28. The van der Waals surface area contributed by atoms with E-state index in [4.69, 9.17) is 4.74 Å². The van der Waals surface area contributed by atoms with E-state index in [0.717, 1.165) is 38.6 Å². The Morgan fingerprint density at radius 1 is 1.17 bits per heavy atom. The summed E-state index contributed by atoms with van der Waals surface area (Å²) in [7, 11) is 2.23. The van der Waals surface area contributed by atoms with E-state index >= 15 is 0 Å². The highest BCUT2D eigenvalue weighted by molar-refractivity contribution is 5.86. The number of nitrogens with zero attached hydrogens (tertiary/aromatic N) is 3. The van der Waals surface area contributed by atoms with Crippen LogP contribution in [0.5, 0.6) is 0 Å². The van der Waals surface area contributed by atoms with E-state index in [0.29, 0.717) is 0 Å². The van der Waals surface area contributed by atoms with E-state index in [2.05, 4.69) is 58.8 Å². The standard InChI is InChI=1S/C25H31N3O/c1-18-6-7-23-21(14-18)22-15-27(2)13-10-24(22)28(23)16-25(20-8-11-26-12-9-20)29-17-19-4-3-5-19/h6-9,11-12,14,19,25H,3-5,10,13,15-17H2,1-2H3/t25-/m0/s1. The highest BCUT2D eigenvalue weighted by Crippen LogP contribution is 2.34. The Morgan fingerprint density at radius 2 is 2.00 bits per heavy atom. The quantitative estimate of drug-likeness (QED) is 0.601. The summed E-state index contributed by atoms with van der Waals surface area (Å²) in [6.45, 7) is 6.08. The fraction of sp³-hybridized carbons (Fsp3) is 0.480. The molecule has 0 bridgehead atoms. The summed E-state index contributed by atoms with van der Waals surface area (Å²) in [6, 6.07) is 11.1. The highest BCUT2D eigenvalue weighted by Gasteiger charge is 2.26. The molecule has 1 aliphatic carbocycles. The molecule has 4 heteroatoms. The molecule has 0 saturated heterocycles. The fourth-order valence-corrected chi connectivity index (χ4v) is 4.82. The maximum Gasteiger partial charge on any atom is 0.100 e. The van der Waals surface area contributed by atoms with Crippen LogP contribution in [0.1, 0.15) is 47.8 Å². The van der Waals surface area contributed by atoms with Crippen LogP contribution < -0.4 is 0 Å². The van der Waals surface area contributed by atoms with Crippen LogP contribution in [0.3, 0.4) is 0 Å². The third-order valence-electron chi connectivity index (χ3n) is 6.78. The summed E-state index contributed by atoms with van der Waals surface area (Å²) in [6.07, 6.45) is 8.93. The summed E-state index contributed by atoms with van der Waals surface area (Å²) in [5.74, 6) is 0.742. The lowest BCUT2D eigenvalue weighted by molar-refractivity contribution is 0.000689. The van der Waals surface area contributed by atoms with Gasteiger partial charge in [0.05, 0.1) is 13.2 Å². The van der Waals surface area contributed by atoms with Crippen LogP contribution in [0, 0.1) is 12.8 Å². The van der Waals surface area contributed by atoms with Gasteiger partial charge in [-0.25, -0.2) is 0 Å². The number of aromatic nitrogens is 2. The topological polar surface area (TPSA) is 30.3 Å². The lowest BCUT2D eigenvalue weighted by Gasteiger charge is -2.29. The Bertz CT molecular complexity index is 990. The number of pyridine rings is 1. The van der Waals surface area contributed by atoms with Gasteiger partial charge in [0.1, 0.15) is 6.10 Å². The zero-order chi connectivity index (χ0) is 19.8. The number of likely N-dealkylation sites (N-methyl/N-ethyl adjacent to an activating group) is 1. The van der Waals surface area contributed by atoms with Crippen molar-refractivity contribution in [1.82, 2.24) is 14.5 Å². The van der Waals surface area contributed by atoms with E-state index in [9.17, 15) is 0 Å². The minimum absolute atomic E-state index is 0.0688. The van der Waals surface area contributed by atoms with Crippen LogP contribution >= 0.6 is 0 Å². The molecule has 3 aromatic rings. The zero-order valence-corrected chi connectivity index (χ0v) is 17.6. The van der Waals surface area contributed by atoms with Gasteiger partial charge >= 0.3 is 0 Å². The van der Waals surface area contributed by atoms with Crippen molar-refractivity contribution in [3.05, 3.63) is 65.1 Å². The fourth-order valence-electron chi connectivity index (χ4n) is 4.82. The first-order chi connectivity index (χ1) is 14.2. The van der Waals surface area contributed by atoms with Crippen molar-refractivity contribution in [2.24, 2.45) is 5.92 Å². The molecule has 1 fully saturated rings. The molecule has 1 aliphatic heterocycles. The molecule has 0 radical (unpaired) electrons. The van der Waals surface area contributed by atoms with Crippen molar-refractivity contribution >= 4 is 10.9 Å². The van der Waals surface area contributed by atoms with Crippen molar-refractivity contribution in [2.45, 2.75) is 51.8 Å². The predicted octanol–water partition coefficient (Wildman–Crippen LogP) is 4.89. The van der Waals surface area contributed by atoms with E-state index in [1.165, 1.54) is 52.5 Å². The van der Waals surface area contributed by atoms with Crippen molar-refractivity contribution in [2.75, 3.05) is 20.2 Å². The summed E-state index contributed by atoms with van der Waals surface area (Å²) in [5, 5.41) is 1.42.